The lowest BCUT2D eigenvalue weighted by atomic mass is 10.0. The first-order valence-electron chi connectivity index (χ1n) is 17.6. The number of nitrogens with zero attached hydrogens (tertiary/aromatic N) is 4. The molecule has 4 aliphatic heterocycles. The lowest BCUT2D eigenvalue weighted by Crippen LogP contribution is -2.36. The average molecular weight is 649 g/mol. The molecule has 0 spiro atoms. The third-order valence-corrected chi connectivity index (χ3v) is 9.47. The molecule has 8 heteroatoms. The van der Waals surface area contributed by atoms with Crippen molar-refractivity contribution in [1.29, 1.82) is 0 Å². The Bertz CT molecular complexity index is 1530. The van der Waals surface area contributed by atoms with E-state index in [-0.39, 0.29) is 0 Å². The van der Waals surface area contributed by atoms with Gasteiger partial charge in [0.25, 0.3) is 0 Å². The van der Waals surface area contributed by atoms with Crippen LogP contribution >= 0.6 is 0 Å². The molecule has 8 rings (SSSR count). The zero-order valence-electron chi connectivity index (χ0n) is 28.4. The van der Waals surface area contributed by atoms with Gasteiger partial charge in [-0.25, -0.2) is 0 Å². The van der Waals surface area contributed by atoms with E-state index in [1.165, 1.54) is 59.3 Å². The van der Waals surface area contributed by atoms with E-state index >= 15 is 0 Å². The number of hydrogen-bond donors (Lipinski definition) is 0. The van der Waals surface area contributed by atoms with Crippen LogP contribution in [0.2, 0.25) is 0 Å². The summed E-state index contributed by atoms with van der Waals surface area (Å²) in [6.07, 6.45) is 4.91. The molecular weight excluding hydrogens is 600 g/mol. The fourth-order valence-electron chi connectivity index (χ4n) is 6.75. The largest absolute Gasteiger partial charge is 0.474 e. The summed E-state index contributed by atoms with van der Waals surface area (Å²) in [5.41, 5.74) is 7.23. The van der Waals surface area contributed by atoms with E-state index in [0.717, 1.165) is 62.3 Å². The number of anilines is 2. The molecule has 0 amide bonds. The van der Waals surface area contributed by atoms with Gasteiger partial charge >= 0.3 is 0 Å². The summed E-state index contributed by atoms with van der Waals surface area (Å²) in [6.45, 7) is 12.8. The van der Waals surface area contributed by atoms with Crippen LogP contribution in [0.4, 0.5) is 11.4 Å². The van der Waals surface area contributed by atoms with Gasteiger partial charge in [0.15, 0.2) is 36.5 Å². The standard InChI is InChI=1S/C22H20N2O2.C18H28N2O2/c1-3-7-19(8-4-1)23-13-17-11-12-18-14-24(20-9-5-2-6-10-20)16-26-22(18)21(17)25-15-23;1-3-5-9-19-11-15-7-8-16-12-20(10-6-4-2)14-22-18(16)17(15)21-13-19/h1-12H,13-16H2;7-8H,3-6,9-14H2,1-2H3. The molecule has 0 N–H and O–H groups in total. The molecule has 4 aromatic rings. The summed E-state index contributed by atoms with van der Waals surface area (Å²) in [6, 6.07) is 29.5. The highest BCUT2D eigenvalue weighted by atomic mass is 16.5. The Hall–Kier alpha value is -4.40. The first-order chi connectivity index (χ1) is 23.7. The third kappa shape index (κ3) is 7.20. The first-order valence-corrected chi connectivity index (χ1v) is 17.6. The predicted molar refractivity (Wildman–Crippen MR) is 191 cm³/mol. The van der Waals surface area contributed by atoms with Gasteiger partial charge in [-0.2, -0.15) is 0 Å². The maximum atomic E-state index is 6.11. The molecule has 8 nitrogen and oxygen atoms in total. The van der Waals surface area contributed by atoms with Gasteiger partial charge in [0.1, 0.15) is 13.5 Å². The van der Waals surface area contributed by atoms with E-state index in [0.29, 0.717) is 26.9 Å². The van der Waals surface area contributed by atoms with Crippen molar-refractivity contribution >= 4 is 11.4 Å². The van der Waals surface area contributed by atoms with Crippen LogP contribution in [0.15, 0.2) is 84.9 Å². The number of unbranched alkanes of at least 4 members (excludes halogenated alkanes) is 2. The van der Waals surface area contributed by atoms with Crippen molar-refractivity contribution in [3.05, 3.63) is 107 Å². The molecule has 0 aliphatic carbocycles. The van der Waals surface area contributed by atoms with E-state index in [1.807, 2.05) is 12.1 Å². The zero-order chi connectivity index (χ0) is 32.7. The Kier molecular flexibility index (Phi) is 10.2. The van der Waals surface area contributed by atoms with Gasteiger partial charge in [-0.15, -0.1) is 0 Å². The monoisotopic (exact) mass is 648 g/mol. The number of rotatable bonds is 8. The molecule has 4 aliphatic rings. The van der Waals surface area contributed by atoms with Gasteiger partial charge in [-0.1, -0.05) is 87.4 Å². The van der Waals surface area contributed by atoms with Gasteiger partial charge in [0.05, 0.1) is 0 Å². The van der Waals surface area contributed by atoms with Crippen molar-refractivity contribution in [2.75, 3.05) is 49.8 Å². The minimum absolute atomic E-state index is 0.541. The minimum Gasteiger partial charge on any atom is -0.474 e. The molecule has 0 radical (unpaired) electrons. The smallest absolute Gasteiger partial charge is 0.169 e. The number of fused-ring (bicyclic) bond motifs is 6. The Labute approximate surface area is 285 Å². The van der Waals surface area contributed by atoms with Crippen molar-refractivity contribution in [1.82, 2.24) is 9.80 Å². The SMILES string of the molecule is CCCCN1COc2c(ccc3c2OCN(CCCC)C3)C1.c1ccc(N2COc3c(ccc4c3OCN(c3ccccc3)C4)C2)cc1. The lowest BCUT2D eigenvalue weighted by Gasteiger charge is -2.36. The molecule has 4 heterocycles. The van der Waals surface area contributed by atoms with Crippen LogP contribution in [0, 0.1) is 0 Å². The Morgan fingerprint density at radius 2 is 0.792 bits per heavy atom. The fraction of sp³-hybridized carbons (Fsp3) is 0.400. The Balaban J connectivity index is 0.000000154. The molecule has 0 fully saturated rings. The number of ether oxygens (including phenoxy) is 4. The second-order valence-electron chi connectivity index (χ2n) is 13.1. The normalized spacial score (nSPS) is 16.8. The van der Waals surface area contributed by atoms with Gasteiger partial charge in [-0.05, 0) is 37.1 Å². The summed E-state index contributed by atoms with van der Waals surface area (Å²) < 4.78 is 24.3. The first kappa shape index (κ1) is 32.2. The van der Waals surface area contributed by atoms with Crippen LogP contribution in [-0.2, 0) is 26.2 Å². The second-order valence-corrected chi connectivity index (χ2v) is 13.1. The van der Waals surface area contributed by atoms with E-state index in [4.69, 9.17) is 18.9 Å². The van der Waals surface area contributed by atoms with Gasteiger partial charge in [0.2, 0.25) is 0 Å². The summed E-state index contributed by atoms with van der Waals surface area (Å²) in [7, 11) is 0. The highest BCUT2D eigenvalue weighted by Crippen LogP contribution is 2.42. The maximum Gasteiger partial charge on any atom is 0.169 e. The second kappa shape index (κ2) is 15.2. The highest BCUT2D eigenvalue weighted by molar-refractivity contribution is 5.59. The quantitative estimate of drug-likeness (QED) is 0.191. The zero-order valence-corrected chi connectivity index (χ0v) is 28.4. The Morgan fingerprint density at radius 1 is 0.438 bits per heavy atom. The molecular formula is C40H48N4O4. The van der Waals surface area contributed by atoms with Crippen molar-refractivity contribution in [2.45, 2.75) is 65.7 Å². The maximum absolute atomic E-state index is 6.11. The van der Waals surface area contributed by atoms with Crippen LogP contribution in [0.3, 0.4) is 0 Å². The summed E-state index contributed by atoms with van der Waals surface area (Å²) in [5, 5.41) is 0. The van der Waals surface area contributed by atoms with E-state index in [2.05, 4.69) is 106 Å². The predicted octanol–water partition coefficient (Wildman–Crippen LogP) is 7.99. The van der Waals surface area contributed by atoms with Gasteiger partial charge in [0, 0.05) is 72.9 Å². The lowest BCUT2D eigenvalue weighted by molar-refractivity contribution is 0.0670. The van der Waals surface area contributed by atoms with Crippen LogP contribution in [0.5, 0.6) is 23.0 Å². The summed E-state index contributed by atoms with van der Waals surface area (Å²) >= 11 is 0. The van der Waals surface area contributed by atoms with E-state index in [1.54, 1.807) is 0 Å². The van der Waals surface area contributed by atoms with Crippen LogP contribution < -0.4 is 28.7 Å². The average Bonchev–Trinajstić information content (AvgIpc) is 3.16. The summed E-state index contributed by atoms with van der Waals surface area (Å²) in [4.78, 5) is 9.20. The molecule has 0 atom stereocenters. The topological polar surface area (TPSA) is 49.9 Å². The van der Waals surface area contributed by atoms with Crippen molar-refractivity contribution in [3.63, 3.8) is 0 Å². The third-order valence-electron chi connectivity index (χ3n) is 9.47. The van der Waals surface area contributed by atoms with Crippen molar-refractivity contribution in [3.8, 4) is 23.0 Å². The molecule has 0 unspecified atom stereocenters. The number of para-hydroxylation sites is 2. The van der Waals surface area contributed by atoms with Gasteiger partial charge < -0.3 is 28.7 Å². The van der Waals surface area contributed by atoms with Gasteiger partial charge in [-0.3, -0.25) is 9.80 Å². The minimum atomic E-state index is 0.541. The molecule has 252 valence electrons. The van der Waals surface area contributed by atoms with Crippen LogP contribution in [-0.4, -0.2) is 49.8 Å². The molecule has 0 saturated heterocycles. The van der Waals surface area contributed by atoms with Crippen molar-refractivity contribution in [2.24, 2.45) is 0 Å². The molecule has 48 heavy (non-hydrogen) atoms. The van der Waals surface area contributed by atoms with E-state index in [9.17, 15) is 0 Å². The molecule has 4 aromatic carbocycles. The fourth-order valence-corrected chi connectivity index (χ4v) is 6.75. The molecule has 0 bridgehead atoms. The van der Waals surface area contributed by atoms with E-state index < -0.39 is 0 Å². The van der Waals surface area contributed by atoms with Crippen LogP contribution in [0.1, 0.15) is 61.8 Å². The number of benzene rings is 4. The molecule has 0 saturated carbocycles. The highest BCUT2D eigenvalue weighted by Gasteiger charge is 2.28. The number of hydrogen-bond acceptors (Lipinski definition) is 8. The van der Waals surface area contributed by atoms with Crippen LogP contribution in [0.25, 0.3) is 0 Å². The van der Waals surface area contributed by atoms with Crippen molar-refractivity contribution < 1.29 is 18.9 Å². The Morgan fingerprint density at radius 3 is 1.17 bits per heavy atom. The molecule has 0 aromatic heterocycles. The summed E-state index contributed by atoms with van der Waals surface area (Å²) in [5.74, 6) is 3.78.